The maximum Gasteiger partial charge on any atom is 0.289 e. The monoisotopic (exact) mass is 453 g/mol. The van der Waals surface area contributed by atoms with Gasteiger partial charge in [-0.25, -0.2) is 4.39 Å². The zero-order valence-corrected chi connectivity index (χ0v) is 19.2. The molecule has 5 rings (SSSR count). The summed E-state index contributed by atoms with van der Waals surface area (Å²) in [6, 6.07) is 8.48. The van der Waals surface area contributed by atoms with E-state index in [4.69, 9.17) is 4.42 Å². The Labute approximate surface area is 191 Å². The minimum Gasteiger partial charge on any atom is -0.507 e. The van der Waals surface area contributed by atoms with Gasteiger partial charge in [-0.05, 0) is 56.6 Å². The van der Waals surface area contributed by atoms with Crippen LogP contribution in [0.3, 0.4) is 0 Å². The second kappa shape index (κ2) is 7.98. The lowest BCUT2D eigenvalue weighted by Crippen LogP contribution is -2.56. The lowest BCUT2D eigenvalue weighted by Gasteiger charge is -2.43. The number of aromatic nitrogens is 2. The third-order valence-corrected chi connectivity index (χ3v) is 7.18. The second-order valence-electron chi connectivity index (χ2n) is 9.32. The number of fused-ring (bicyclic) bond motifs is 3. The number of piperidine rings is 1. The highest BCUT2D eigenvalue weighted by atomic mass is 19.1. The number of amides is 1. The highest BCUT2D eigenvalue weighted by molar-refractivity contribution is 5.97. The molecule has 4 heterocycles. The summed E-state index contributed by atoms with van der Waals surface area (Å²) >= 11 is 0. The van der Waals surface area contributed by atoms with Crippen molar-refractivity contribution in [3.8, 4) is 17.0 Å². The van der Waals surface area contributed by atoms with Crippen molar-refractivity contribution in [3.63, 3.8) is 0 Å². The molecule has 2 aliphatic heterocycles. The molecule has 3 aromatic rings. The van der Waals surface area contributed by atoms with Gasteiger partial charge in [-0.3, -0.25) is 9.69 Å². The molecule has 2 saturated heterocycles. The summed E-state index contributed by atoms with van der Waals surface area (Å²) in [6.07, 6.45) is 1.75. The summed E-state index contributed by atoms with van der Waals surface area (Å²) < 4.78 is 20.9. The number of alkyl halides is 1. The van der Waals surface area contributed by atoms with Crippen molar-refractivity contribution in [1.29, 1.82) is 0 Å². The molecule has 8 nitrogen and oxygen atoms in total. The highest BCUT2D eigenvalue weighted by Crippen LogP contribution is 2.39. The molecule has 1 aromatic carbocycles. The van der Waals surface area contributed by atoms with E-state index in [-0.39, 0.29) is 29.5 Å². The molecule has 9 heteroatoms. The highest BCUT2D eigenvalue weighted by Gasteiger charge is 2.47. The van der Waals surface area contributed by atoms with Gasteiger partial charge in [0, 0.05) is 44.2 Å². The Morgan fingerprint density at radius 1 is 1.18 bits per heavy atom. The van der Waals surface area contributed by atoms with Gasteiger partial charge in [0.25, 0.3) is 5.91 Å². The number of furan rings is 1. The molecular formula is C24H28FN5O3. The van der Waals surface area contributed by atoms with Gasteiger partial charge in [0.05, 0.1) is 11.7 Å². The number of carbonyl (C=O) groups excluding carboxylic acids is 1. The lowest BCUT2D eigenvalue weighted by molar-refractivity contribution is 0.0701. The van der Waals surface area contributed by atoms with Gasteiger partial charge in [0.1, 0.15) is 17.5 Å². The van der Waals surface area contributed by atoms with E-state index in [0.717, 1.165) is 19.3 Å². The maximum absolute atomic E-state index is 15.2. The van der Waals surface area contributed by atoms with Gasteiger partial charge in [-0.15, -0.1) is 10.2 Å². The van der Waals surface area contributed by atoms with E-state index in [2.05, 4.69) is 15.1 Å². The number of aromatic hydroxyl groups is 1. The fraction of sp³-hybridized carbons (Fsp3) is 0.458. The van der Waals surface area contributed by atoms with Gasteiger partial charge in [-0.2, -0.15) is 0 Å². The third kappa shape index (κ3) is 3.60. The molecule has 4 atom stereocenters. The van der Waals surface area contributed by atoms with Crippen LogP contribution in [-0.2, 0) is 0 Å². The van der Waals surface area contributed by atoms with Crippen molar-refractivity contribution in [2.45, 2.75) is 43.6 Å². The fourth-order valence-corrected chi connectivity index (χ4v) is 5.18. The number of halogens is 1. The van der Waals surface area contributed by atoms with Gasteiger partial charge in [-0.1, -0.05) is 0 Å². The number of benzene rings is 1. The van der Waals surface area contributed by atoms with Crippen LogP contribution in [0.5, 0.6) is 5.75 Å². The Kier molecular flexibility index (Phi) is 5.23. The molecular weight excluding hydrogens is 425 g/mol. The summed E-state index contributed by atoms with van der Waals surface area (Å²) in [4.78, 5) is 17.7. The molecule has 1 N–H and O–H groups in total. The van der Waals surface area contributed by atoms with Crippen molar-refractivity contribution >= 4 is 22.7 Å². The number of hydrogen-bond acceptors (Lipinski definition) is 7. The maximum atomic E-state index is 15.2. The van der Waals surface area contributed by atoms with Crippen LogP contribution >= 0.6 is 0 Å². The minimum atomic E-state index is -0.940. The average molecular weight is 454 g/mol. The molecule has 0 radical (unpaired) electrons. The first-order valence-corrected chi connectivity index (χ1v) is 11.2. The van der Waals surface area contributed by atoms with Crippen LogP contribution in [0.1, 0.15) is 29.8 Å². The van der Waals surface area contributed by atoms with Crippen LogP contribution < -0.4 is 4.90 Å². The molecule has 0 saturated carbocycles. The predicted molar refractivity (Wildman–Crippen MR) is 123 cm³/mol. The SMILES string of the molecule is CN(C)C(=O)c1cc2cc(O)c(-c3ccc(N(C)[C@H]4CC5CCC([C@H]4F)N5C)nn3)cc2o1. The van der Waals surface area contributed by atoms with E-state index in [1.165, 1.54) is 4.90 Å². The lowest BCUT2D eigenvalue weighted by atomic mass is 9.95. The topological polar surface area (TPSA) is 85.9 Å². The number of rotatable bonds is 4. The number of nitrogens with zero attached hydrogens (tertiary/aromatic N) is 5. The van der Waals surface area contributed by atoms with E-state index < -0.39 is 6.17 Å². The summed E-state index contributed by atoms with van der Waals surface area (Å²) in [5.41, 5.74) is 1.38. The fourth-order valence-electron chi connectivity index (χ4n) is 5.18. The number of phenolic OH excluding ortho intramolecular Hbond substituents is 1. The second-order valence-corrected chi connectivity index (χ2v) is 9.32. The largest absolute Gasteiger partial charge is 0.507 e. The molecule has 1 amide bonds. The van der Waals surface area contributed by atoms with Crippen LogP contribution in [0, 0.1) is 0 Å². The zero-order valence-electron chi connectivity index (χ0n) is 19.2. The predicted octanol–water partition coefficient (Wildman–Crippen LogP) is 3.31. The summed E-state index contributed by atoms with van der Waals surface area (Å²) in [5, 5.41) is 19.8. The van der Waals surface area contributed by atoms with E-state index in [1.54, 1.807) is 44.4 Å². The third-order valence-electron chi connectivity index (χ3n) is 7.18. The van der Waals surface area contributed by atoms with Gasteiger partial charge in [0.2, 0.25) is 0 Å². The van der Waals surface area contributed by atoms with Crippen LogP contribution in [0.2, 0.25) is 0 Å². The van der Waals surface area contributed by atoms with Gasteiger partial charge >= 0.3 is 0 Å². The number of hydrogen-bond donors (Lipinski definition) is 1. The Morgan fingerprint density at radius 2 is 1.97 bits per heavy atom. The van der Waals surface area contributed by atoms with Crippen LogP contribution in [0.4, 0.5) is 10.2 Å². The van der Waals surface area contributed by atoms with Gasteiger partial charge in [0.15, 0.2) is 11.6 Å². The molecule has 0 aliphatic carbocycles. The Hall–Kier alpha value is -3.20. The Bertz CT molecular complexity index is 1190. The quantitative estimate of drug-likeness (QED) is 0.649. The van der Waals surface area contributed by atoms with Crippen LogP contribution in [-0.4, -0.2) is 83.5 Å². The van der Waals surface area contributed by atoms with Gasteiger partial charge < -0.3 is 19.3 Å². The summed E-state index contributed by atoms with van der Waals surface area (Å²) in [5.74, 6) is 0.543. The molecule has 33 heavy (non-hydrogen) atoms. The van der Waals surface area contributed by atoms with E-state index in [0.29, 0.717) is 34.1 Å². The van der Waals surface area contributed by atoms with E-state index in [1.807, 2.05) is 19.0 Å². The molecule has 2 unspecified atom stereocenters. The Balaban J connectivity index is 1.40. The van der Waals surface area contributed by atoms with E-state index >= 15 is 4.39 Å². The molecule has 2 aliphatic rings. The summed E-state index contributed by atoms with van der Waals surface area (Å²) in [7, 11) is 7.17. The smallest absolute Gasteiger partial charge is 0.289 e. The summed E-state index contributed by atoms with van der Waals surface area (Å²) in [6.45, 7) is 0. The van der Waals surface area contributed by atoms with Crippen molar-refractivity contribution in [2.24, 2.45) is 0 Å². The number of carbonyl (C=O) groups is 1. The Morgan fingerprint density at radius 3 is 2.67 bits per heavy atom. The minimum absolute atomic E-state index is 0.0123. The molecule has 174 valence electrons. The molecule has 2 fully saturated rings. The number of phenols is 1. The number of anilines is 1. The first-order chi connectivity index (χ1) is 15.7. The van der Waals surface area contributed by atoms with Crippen LogP contribution in [0.15, 0.2) is 34.7 Å². The van der Waals surface area contributed by atoms with Crippen molar-refractivity contribution < 1.29 is 18.7 Å². The van der Waals surface area contributed by atoms with Crippen molar-refractivity contribution in [1.82, 2.24) is 20.0 Å². The molecule has 2 bridgehead atoms. The molecule has 0 spiro atoms. The zero-order chi connectivity index (χ0) is 23.4. The first kappa shape index (κ1) is 21.6. The van der Waals surface area contributed by atoms with E-state index in [9.17, 15) is 9.90 Å². The first-order valence-electron chi connectivity index (χ1n) is 11.2. The van der Waals surface area contributed by atoms with Crippen molar-refractivity contribution in [3.05, 3.63) is 36.1 Å². The average Bonchev–Trinajstić information content (AvgIpc) is 3.32. The standard InChI is InChI=1S/C24H28FN5O3/c1-28(2)24(32)21-10-13-9-19(31)15(12-20(13)33-21)16-6-8-22(27-26-16)30(4)18-11-14-5-7-17(23(18)25)29(14)3/h6,8-10,12,14,17-18,23,31H,5,7,11H2,1-4H3/t14?,17?,18-,23+/m0/s1. The van der Waals surface area contributed by atoms with Crippen LogP contribution in [0.25, 0.3) is 22.2 Å². The normalized spacial score (nSPS) is 24.9. The molecule has 2 aromatic heterocycles. The van der Waals surface area contributed by atoms with Crippen molar-refractivity contribution in [2.75, 3.05) is 33.1 Å².